The smallest absolute Gasteiger partial charge is 0.271 e. The summed E-state index contributed by atoms with van der Waals surface area (Å²) in [5, 5.41) is 8.94. The predicted octanol–water partition coefficient (Wildman–Crippen LogP) is 4.44. The lowest BCUT2D eigenvalue weighted by atomic mass is 9.97. The molecule has 0 spiro atoms. The Kier molecular flexibility index (Phi) is 4.00. The number of thiazole rings is 2. The highest BCUT2D eigenvalue weighted by Crippen LogP contribution is 2.33. The van der Waals surface area contributed by atoms with Crippen LogP contribution in [0.3, 0.4) is 0 Å². The average molecular weight is 362 g/mol. The van der Waals surface area contributed by atoms with E-state index in [1.54, 1.807) is 22.7 Å². The first-order chi connectivity index (χ1) is 11.2. The topological polar surface area (TPSA) is 54.9 Å². The molecule has 3 aromatic heterocycles. The van der Waals surface area contributed by atoms with E-state index in [-0.39, 0.29) is 11.9 Å². The van der Waals surface area contributed by atoms with Crippen molar-refractivity contribution in [2.75, 3.05) is 0 Å². The number of thiophene rings is 1. The third-order valence-electron chi connectivity index (χ3n) is 3.84. The van der Waals surface area contributed by atoms with Crippen LogP contribution in [0.5, 0.6) is 0 Å². The molecular weight excluding hydrogens is 346 g/mol. The number of carbonyl (C=O) groups excluding carboxylic acids is 1. The largest absolute Gasteiger partial charge is 0.342 e. The fourth-order valence-electron chi connectivity index (χ4n) is 2.80. The van der Waals surface area contributed by atoms with E-state index in [4.69, 9.17) is 0 Å². The Morgan fingerprint density at radius 1 is 1.35 bits per heavy atom. The Labute approximate surface area is 146 Å². The van der Waals surface area contributed by atoms with E-state index in [9.17, 15) is 4.79 Å². The van der Waals surface area contributed by atoms with Crippen LogP contribution < -0.4 is 5.32 Å². The monoisotopic (exact) mass is 361 g/mol. The quantitative estimate of drug-likeness (QED) is 0.750. The second-order valence-corrected chi connectivity index (χ2v) is 8.57. The van der Waals surface area contributed by atoms with Gasteiger partial charge in [-0.05, 0) is 37.6 Å². The van der Waals surface area contributed by atoms with Gasteiger partial charge in [0.15, 0.2) is 0 Å². The van der Waals surface area contributed by atoms with Crippen molar-refractivity contribution in [2.45, 2.75) is 32.2 Å². The molecule has 0 saturated carbocycles. The molecule has 1 amide bonds. The van der Waals surface area contributed by atoms with E-state index in [0.29, 0.717) is 5.69 Å². The Morgan fingerprint density at radius 2 is 2.26 bits per heavy atom. The van der Waals surface area contributed by atoms with Crippen LogP contribution in [-0.4, -0.2) is 15.9 Å². The molecule has 0 fully saturated rings. The Bertz CT molecular complexity index is 835. The average Bonchev–Trinajstić information content (AvgIpc) is 3.26. The van der Waals surface area contributed by atoms with E-state index in [2.05, 4.69) is 15.3 Å². The molecule has 4 rings (SSSR count). The second kappa shape index (κ2) is 6.14. The summed E-state index contributed by atoms with van der Waals surface area (Å²) < 4.78 is 0. The van der Waals surface area contributed by atoms with Crippen molar-refractivity contribution >= 4 is 39.9 Å². The van der Waals surface area contributed by atoms with E-state index in [1.807, 2.05) is 29.8 Å². The number of aromatic nitrogens is 2. The fourth-order valence-corrected chi connectivity index (χ4v) is 5.46. The van der Waals surface area contributed by atoms with E-state index >= 15 is 0 Å². The van der Waals surface area contributed by atoms with E-state index in [0.717, 1.165) is 39.8 Å². The minimum absolute atomic E-state index is 0.0167. The van der Waals surface area contributed by atoms with Crippen molar-refractivity contribution in [2.24, 2.45) is 0 Å². The molecule has 7 heteroatoms. The molecule has 1 atom stereocenters. The highest BCUT2D eigenvalue weighted by molar-refractivity contribution is 7.20. The van der Waals surface area contributed by atoms with Gasteiger partial charge in [-0.25, -0.2) is 9.97 Å². The zero-order valence-corrected chi connectivity index (χ0v) is 15.0. The van der Waals surface area contributed by atoms with Crippen molar-refractivity contribution in [3.8, 4) is 9.88 Å². The van der Waals surface area contributed by atoms with Gasteiger partial charge >= 0.3 is 0 Å². The fraction of sp³-hybridized carbons (Fsp3) is 0.312. The Hall–Kier alpha value is -1.57. The maximum atomic E-state index is 12.5. The highest BCUT2D eigenvalue weighted by atomic mass is 32.1. The van der Waals surface area contributed by atoms with Crippen molar-refractivity contribution in [3.05, 3.63) is 44.2 Å². The summed E-state index contributed by atoms with van der Waals surface area (Å²) in [5.41, 5.74) is 1.55. The lowest BCUT2D eigenvalue weighted by molar-refractivity contribution is 0.0927. The normalized spacial score (nSPS) is 17.0. The Balaban J connectivity index is 1.53. The maximum Gasteiger partial charge on any atom is 0.271 e. The number of hydrogen-bond donors (Lipinski definition) is 1. The van der Waals surface area contributed by atoms with Crippen molar-refractivity contribution < 1.29 is 4.79 Å². The molecule has 3 heterocycles. The van der Waals surface area contributed by atoms with Gasteiger partial charge in [0.05, 0.1) is 21.6 Å². The van der Waals surface area contributed by atoms with Gasteiger partial charge in [-0.2, -0.15) is 0 Å². The van der Waals surface area contributed by atoms with Crippen molar-refractivity contribution in [1.29, 1.82) is 0 Å². The van der Waals surface area contributed by atoms with Crippen LogP contribution in [0.4, 0.5) is 0 Å². The minimum Gasteiger partial charge on any atom is -0.342 e. The second-order valence-electron chi connectivity index (χ2n) is 5.47. The van der Waals surface area contributed by atoms with Gasteiger partial charge in [0.1, 0.15) is 10.7 Å². The summed E-state index contributed by atoms with van der Waals surface area (Å²) in [6, 6.07) is 4.04. The number of aryl methyl sites for hydroxylation is 2. The molecule has 1 aliphatic carbocycles. The number of hydrogen-bond acceptors (Lipinski definition) is 6. The minimum atomic E-state index is -0.104. The molecule has 0 saturated heterocycles. The van der Waals surface area contributed by atoms with Crippen molar-refractivity contribution in [1.82, 2.24) is 15.3 Å². The summed E-state index contributed by atoms with van der Waals surface area (Å²) in [5.74, 6) is -0.104. The number of nitrogens with zero attached hydrogens (tertiary/aromatic N) is 2. The third kappa shape index (κ3) is 2.96. The first-order valence-corrected chi connectivity index (χ1v) is 10.0. The van der Waals surface area contributed by atoms with Crippen LogP contribution in [0.25, 0.3) is 9.88 Å². The van der Waals surface area contributed by atoms with Gasteiger partial charge in [-0.3, -0.25) is 4.79 Å². The van der Waals surface area contributed by atoms with Gasteiger partial charge < -0.3 is 5.32 Å². The first-order valence-electron chi connectivity index (χ1n) is 7.47. The predicted molar refractivity (Wildman–Crippen MR) is 95.4 cm³/mol. The van der Waals surface area contributed by atoms with Gasteiger partial charge in [0.2, 0.25) is 0 Å². The maximum absolute atomic E-state index is 12.5. The number of amides is 1. The number of nitrogens with one attached hydrogen (secondary N) is 1. The first kappa shape index (κ1) is 15.0. The molecule has 0 aliphatic heterocycles. The SMILES string of the molecule is Cc1nc2c(s1)CCCC2NC(=O)c1csc(-c2cccs2)n1. The van der Waals surface area contributed by atoms with Crippen LogP contribution >= 0.6 is 34.0 Å². The summed E-state index contributed by atoms with van der Waals surface area (Å²) in [6.07, 6.45) is 3.12. The standard InChI is InChI=1S/C16H15N3OS3/c1-9-17-14-10(4-2-5-12(14)23-9)18-15(20)11-8-22-16(19-11)13-6-3-7-21-13/h3,6-8,10H,2,4-5H2,1H3,(H,18,20). The van der Waals surface area contributed by atoms with Crippen LogP contribution in [0.1, 0.15) is 45.0 Å². The number of fused-ring (bicyclic) bond motifs is 1. The zero-order valence-electron chi connectivity index (χ0n) is 12.5. The summed E-state index contributed by atoms with van der Waals surface area (Å²) in [4.78, 5) is 24.0. The molecule has 3 aromatic rings. The lowest BCUT2D eigenvalue weighted by Crippen LogP contribution is -2.31. The summed E-state index contributed by atoms with van der Waals surface area (Å²) >= 11 is 4.89. The Morgan fingerprint density at radius 3 is 3.09 bits per heavy atom. The molecule has 1 unspecified atom stereocenters. The molecule has 0 radical (unpaired) electrons. The van der Waals surface area contributed by atoms with Gasteiger partial charge in [-0.15, -0.1) is 34.0 Å². The van der Waals surface area contributed by atoms with Crippen LogP contribution in [0.2, 0.25) is 0 Å². The van der Waals surface area contributed by atoms with Crippen LogP contribution in [0.15, 0.2) is 22.9 Å². The molecule has 0 bridgehead atoms. The summed E-state index contributed by atoms with van der Waals surface area (Å²) in [7, 11) is 0. The molecule has 4 nitrogen and oxygen atoms in total. The van der Waals surface area contributed by atoms with Crippen LogP contribution in [0, 0.1) is 6.92 Å². The lowest BCUT2D eigenvalue weighted by Gasteiger charge is -2.21. The van der Waals surface area contributed by atoms with Gasteiger partial charge in [0.25, 0.3) is 5.91 Å². The van der Waals surface area contributed by atoms with E-state index in [1.165, 1.54) is 16.2 Å². The molecule has 118 valence electrons. The molecule has 1 aliphatic rings. The number of rotatable bonds is 3. The molecule has 0 aromatic carbocycles. The summed E-state index contributed by atoms with van der Waals surface area (Å²) in [6.45, 7) is 2.02. The molecule has 1 N–H and O–H groups in total. The third-order valence-corrected chi connectivity index (χ3v) is 6.76. The zero-order chi connectivity index (χ0) is 15.8. The van der Waals surface area contributed by atoms with E-state index < -0.39 is 0 Å². The van der Waals surface area contributed by atoms with Gasteiger partial charge in [-0.1, -0.05) is 6.07 Å². The number of carbonyl (C=O) groups is 1. The van der Waals surface area contributed by atoms with Crippen molar-refractivity contribution in [3.63, 3.8) is 0 Å². The van der Waals surface area contributed by atoms with Gasteiger partial charge in [0, 0.05) is 10.3 Å². The molecular formula is C16H15N3OS3. The highest BCUT2D eigenvalue weighted by Gasteiger charge is 2.26. The molecule has 23 heavy (non-hydrogen) atoms. The van der Waals surface area contributed by atoms with Crippen LogP contribution in [-0.2, 0) is 6.42 Å².